The third kappa shape index (κ3) is 3.59. The first-order valence-electron chi connectivity index (χ1n) is 7.46. The zero-order valence-corrected chi connectivity index (χ0v) is 13.6. The van der Waals surface area contributed by atoms with Gasteiger partial charge in [0.05, 0.1) is 18.2 Å². The molecule has 24 heavy (non-hydrogen) atoms. The van der Waals surface area contributed by atoms with Crippen LogP contribution in [0.25, 0.3) is 11.3 Å². The third-order valence-corrected chi connectivity index (χ3v) is 4.94. The zero-order chi connectivity index (χ0) is 17.1. The maximum Gasteiger partial charge on any atom is 0.305 e. The lowest BCUT2D eigenvalue weighted by atomic mass is 10.1. The number of aromatic nitrogens is 2. The minimum atomic E-state index is -0.920. The molecule has 1 amide bonds. The van der Waals surface area contributed by atoms with Crippen molar-refractivity contribution in [3.05, 3.63) is 41.8 Å². The zero-order valence-electron chi connectivity index (χ0n) is 12.7. The molecule has 0 spiro atoms. The fourth-order valence-electron chi connectivity index (χ4n) is 2.65. The lowest BCUT2D eigenvalue weighted by molar-refractivity contribution is -0.138. The number of carboxylic acid groups (broad SMARTS) is 1. The molecule has 6 nitrogen and oxygen atoms in total. The molecule has 2 N–H and O–H groups in total. The topological polar surface area (TPSA) is 86.3 Å². The number of halogens is 1. The van der Waals surface area contributed by atoms with Crippen LogP contribution in [0.1, 0.15) is 16.9 Å². The molecule has 1 fully saturated rings. The lowest BCUT2D eigenvalue weighted by Gasteiger charge is -2.34. The number of nitrogens with one attached hydrogen (secondary N) is 1. The van der Waals surface area contributed by atoms with E-state index in [0.717, 1.165) is 5.75 Å². The highest BCUT2D eigenvalue weighted by Gasteiger charge is 2.30. The lowest BCUT2D eigenvalue weighted by Crippen LogP contribution is -2.47. The Morgan fingerprint density at radius 3 is 2.83 bits per heavy atom. The van der Waals surface area contributed by atoms with Gasteiger partial charge in [0, 0.05) is 23.6 Å². The molecule has 0 aliphatic carbocycles. The number of aromatic amines is 1. The minimum Gasteiger partial charge on any atom is -0.481 e. The Hall–Kier alpha value is -2.35. The largest absolute Gasteiger partial charge is 0.481 e. The van der Waals surface area contributed by atoms with Crippen LogP contribution in [-0.2, 0) is 4.79 Å². The van der Waals surface area contributed by atoms with Crippen molar-refractivity contribution in [2.45, 2.75) is 12.5 Å². The molecule has 1 aromatic heterocycles. The van der Waals surface area contributed by atoms with Crippen molar-refractivity contribution in [1.29, 1.82) is 0 Å². The normalized spacial score (nSPS) is 17.7. The number of thioether (sulfide) groups is 1. The standard InChI is InChI=1S/C16H16FN3O3S/c17-11-3-1-10(2-4-11)13-8-14(19-18-13)16(23)20-5-6-24-9-12(20)7-15(21)22/h1-4,8,12H,5-7,9H2,(H,18,19)(H,21,22). The summed E-state index contributed by atoms with van der Waals surface area (Å²) in [6, 6.07) is 7.11. The highest BCUT2D eigenvalue weighted by atomic mass is 32.2. The molecule has 1 saturated heterocycles. The number of aliphatic carboxylic acids is 1. The van der Waals surface area contributed by atoms with Crippen molar-refractivity contribution in [3.8, 4) is 11.3 Å². The van der Waals surface area contributed by atoms with E-state index in [0.29, 0.717) is 29.2 Å². The van der Waals surface area contributed by atoms with Crippen molar-refractivity contribution in [2.75, 3.05) is 18.1 Å². The second-order valence-electron chi connectivity index (χ2n) is 5.50. The van der Waals surface area contributed by atoms with Gasteiger partial charge in [-0.15, -0.1) is 0 Å². The molecule has 0 bridgehead atoms. The molecular weight excluding hydrogens is 333 g/mol. The quantitative estimate of drug-likeness (QED) is 0.884. The second kappa shape index (κ2) is 7.04. The SMILES string of the molecule is O=C(O)CC1CSCCN1C(=O)c1cc(-c2ccc(F)cc2)n[nH]1. The number of hydrogen-bond acceptors (Lipinski definition) is 4. The van der Waals surface area contributed by atoms with Crippen molar-refractivity contribution in [2.24, 2.45) is 0 Å². The number of carboxylic acids is 1. The maximum atomic E-state index is 13.0. The van der Waals surface area contributed by atoms with Crippen LogP contribution < -0.4 is 0 Å². The second-order valence-corrected chi connectivity index (χ2v) is 6.65. The number of benzene rings is 1. The first-order valence-corrected chi connectivity index (χ1v) is 8.62. The van der Waals surface area contributed by atoms with Gasteiger partial charge in [-0.25, -0.2) is 4.39 Å². The van der Waals surface area contributed by atoms with Crippen LogP contribution in [0.15, 0.2) is 30.3 Å². The predicted molar refractivity (Wildman–Crippen MR) is 88.4 cm³/mol. The summed E-state index contributed by atoms with van der Waals surface area (Å²) in [7, 11) is 0. The molecule has 0 radical (unpaired) electrons. The van der Waals surface area contributed by atoms with Crippen molar-refractivity contribution < 1.29 is 19.1 Å². The van der Waals surface area contributed by atoms with Crippen LogP contribution >= 0.6 is 11.8 Å². The van der Waals surface area contributed by atoms with E-state index in [1.54, 1.807) is 34.9 Å². The predicted octanol–water partition coefficient (Wildman–Crippen LogP) is 2.25. The molecule has 1 aliphatic rings. The van der Waals surface area contributed by atoms with Crippen LogP contribution in [0, 0.1) is 5.82 Å². The summed E-state index contributed by atoms with van der Waals surface area (Å²) in [5.74, 6) is -0.134. The minimum absolute atomic E-state index is 0.0717. The van der Waals surface area contributed by atoms with Crippen LogP contribution in [0.3, 0.4) is 0 Å². The van der Waals surface area contributed by atoms with Crippen LogP contribution in [0.2, 0.25) is 0 Å². The summed E-state index contributed by atoms with van der Waals surface area (Å²) < 4.78 is 13.0. The van der Waals surface area contributed by atoms with Gasteiger partial charge in [0.15, 0.2) is 0 Å². The number of carbonyl (C=O) groups excluding carboxylic acids is 1. The molecule has 1 unspecified atom stereocenters. The van der Waals surface area contributed by atoms with Gasteiger partial charge in [-0.05, 0) is 30.3 Å². The number of H-pyrrole nitrogens is 1. The molecule has 2 heterocycles. The first kappa shape index (κ1) is 16.5. The van der Waals surface area contributed by atoms with Crippen LogP contribution in [0.5, 0.6) is 0 Å². The fourth-order valence-corrected chi connectivity index (χ4v) is 3.71. The number of nitrogens with zero attached hydrogens (tertiary/aromatic N) is 2. The van der Waals surface area contributed by atoms with E-state index in [1.165, 1.54) is 12.1 Å². The third-order valence-electron chi connectivity index (χ3n) is 3.85. The molecule has 1 aromatic carbocycles. The Morgan fingerprint density at radius 1 is 1.38 bits per heavy atom. The Kier molecular flexibility index (Phi) is 4.84. The monoisotopic (exact) mass is 349 g/mol. The van der Waals surface area contributed by atoms with Crippen molar-refractivity contribution in [3.63, 3.8) is 0 Å². The number of rotatable bonds is 4. The van der Waals surface area contributed by atoms with Gasteiger partial charge < -0.3 is 10.0 Å². The van der Waals surface area contributed by atoms with Gasteiger partial charge in [0.25, 0.3) is 5.91 Å². The summed E-state index contributed by atoms with van der Waals surface area (Å²) in [6.45, 7) is 0.506. The summed E-state index contributed by atoms with van der Waals surface area (Å²) in [5.41, 5.74) is 1.54. The molecule has 1 aliphatic heterocycles. The van der Waals surface area contributed by atoms with Gasteiger partial charge in [0.1, 0.15) is 11.5 Å². The fraction of sp³-hybridized carbons (Fsp3) is 0.312. The smallest absolute Gasteiger partial charge is 0.305 e. The molecular formula is C16H16FN3O3S. The number of carbonyl (C=O) groups is 2. The van der Waals surface area contributed by atoms with Gasteiger partial charge in [0.2, 0.25) is 0 Å². The van der Waals surface area contributed by atoms with Gasteiger partial charge in [-0.2, -0.15) is 16.9 Å². The van der Waals surface area contributed by atoms with Crippen molar-refractivity contribution >= 4 is 23.6 Å². The van der Waals surface area contributed by atoms with E-state index in [4.69, 9.17) is 5.11 Å². The molecule has 0 saturated carbocycles. The summed E-state index contributed by atoms with van der Waals surface area (Å²) in [5, 5.41) is 15.8. The average Bonchev–Trinajstić information content (AvgIpc) is 3.05. The Balaban J connectivity index is 1.79. The summed E-state index contributed by atoms with van der Waals surface area (Å²) >= 11 is 1.65. The molecule has 126 valence electrons. The maximum absolute atomic E-state index is 13.0. The Labute approximate surface area is 142 Å². The van der Waals surface area contributed by atoms with Gasteiger partial charge in [-0.1, -0.05) is 0 Å². The molecule has 3 rings (SSSR count). The van der Waals surface area contributed by atoms with E-state index in [1.807, 2.05) is 0 Å². The summed E-state index contributed by atoms with van der Waals surface area (Å²) in [6.07, 6.45) is -0.0717. The average molecular weight is 349 g/mol. The number of amides is 1. The van der Waals surface area contributed by atoms with E-state index in [2.05, 4.69) is 10.2 Å². The highest BCUT2D eigenvalue weighted by Crippen LogP contribution is 2.23. The number of hydrogen-bond donors (Lipinski definition) is 2. The van der Waals surface area contributed by atoms with Crippen molar-refractivity contribution in [1.82, 2.24) is 15.1 Å². The Bertz CT molecular complexity index is 747. The molecule has 2 aromatic rings. The van der Waals surface area contributed by atoms with Gasteiger partial charge in [-0.3, -0.25) is 14.7 Å². The highest BCUT2D eigenvalue weighted by molar-refractivity contribution is 7.99. The van der Waals surface area contributed by atoms with E-state index in [9.17, 15) is 14.0 Å². The molecule has 1 atom stereocenters. The summed E-state index contributed by atoms with van der Waals surface area (Å²) in [4.78, 5) is 25.3. The Morgan fingerprint density at radius 2 is 2.12 bits per heavy atom. The van der Waals surface area contributed by atoms with E-state index < -0.39 is 5.97 Å². The first-order chi connectivity index (χ1) is 11.5. The van der Waals surface area contributed by atoms with E-state index in [-0.39, 0.29) is 24.2 Å². The van der Waals surface area contributed by atoms with Gasteiger partial charge >= 0.3 is 5.97 Å². The van der Waals surface area contributed by atoms with Crippen LogP contribution in [-0.4, -0.2) is 56.2 Å². The van der Waals surface area contributed by atoms with E-state index >= 15 is 0 Å². The van der Waals surface area contributed by atoms with Crippen LogP contribution in [0.4, 0.5) is 4.39 Å². The molecule has 8 heteroatoms.